The van der Waals surface area contributed by atoms with Gasteiger partial charge in [0.25, 0.3) is 0 Å². The smallest absolute Gasteiger partial charge is 0.149 e. The molecule has 1 aromatic carbocycles. The molecular weight excluding hydrogens is 270 g/mol. The van der Waals surface area contributed by atoms with Gasteiger partial charge in [-0.2, -0.15) is 0 Å². The first-order valence-electron chi connectivity index (χ1n) is 8.15. The van der Waals surface area contributed by atoms with Crippen molar-refractivity contribution >= 4 is 11.4 Å². The third-order valence-corrected chi connectivity index (χ3v) is 4.61. The summed E-state index contributed by atoms with van der Waals surface area (Å²) in [6, 6.07) is 11.0. The number of aliphatic imine (C=N–C) groups is 2. The first-order chi connectivity index (χ1) is 10.8. The lowest BCUT2D eigenvalue weighted by Crippen LogP contribution is -2.37. The van der Waals surface area contributed by atoms with Gasteiger partial charge in [0, 0.05) is 5.71 Å². The van der Waals surface area contributed by atoms with Crippen LogP contribution in [0.2, 0.25) is 0 Å². The summed E-state index contributed by atoms with van der Waals surface area (Å²) >= 11 is 0. The summed E-state index contributed by atoms with van der Waals surface area (Å²) < 4.78 is 0. The lowest BCUT2D eigenvalue weighted by Gasteiger charge is -2.34. The molecule has 2 atom stereocenters. The van der Waals surface area contributed by atoms with E-state index in [0.717, 1.165) is 31.5 Å². The summed E-state index contributed by atoms with van der Waals surface area (Å²) in [5.41, 5.74) is 3.68. The first kappa shape index (κ1) is 13.5. The first-order valence-corrected chi connectivity index (χ1v) is 8.15. The van der Waals surface area contributed by atoms with Crippen LogP contribution in [-0.2, 0) is 0 Å². The Bertz CT molecular complexity index is 682. The molecule has 0 saturated heterocycles. The Labute approximate surface area is 131 Å². The van der Waals surface area contributed by atoms with E-state index in [9.17, 15) is 0 Å². The fraction of sp³-hybridized carbons (Fsp3) is 0.368. The molecule has 0 aromatic heterocycles. The van der Waals surface area contributed by atoms with Gasteiger partial charge in [0.05, 0.1) is 11.8 Å². The molecule has 0 amide bonds. The van der Waals surface area contributed by atoms with Crippen molar-refractivity contribution in [2.24, 2.45) is 9.98 Å². The van der Waals surface area contributed by atoms with Crippen molar-refractivity contribution in [3.8, 4) is 0 Å². The number of allylic oxidation sites excluding steroid dienone is 2. The maximum Gasteiger partial charge on any atom is 0.149 e. The summed E-state index contributed by atoms with van der Waals surface area (Å²) in [6.07, 6.45) is 11.2. The average molecular weight is 291 g/mol. The highest BCUT2D eigenvalue weighted by Crippen LogP contribution is 2.39. The van der Waals surface area contributed by atoms with E-state index >= 15 is 0 Å². The quantitative estimate of drug-likeness (QED) is 0.800. The molecule has 112 valence electrons. The monoisotopic (exact) mass is 291 g/mol. The molecule has 0 fully saturated rings. The van der Waals surface area contributed by atoms with Crippen molar-refractivity contribution in [2.75, 3.05) is 0 Å². The average Bonchev–Trinajstić information content (AvgIpc) is 2.95. The molecule has 0 saturated carbocycles. The van der Waals surface area contributed by atoms with Crippen LogP contribution in [0.3, 0.4) is 0 Å². The van der Waals surface area contributed by atoms with Crippen LogP contribution in [0, 0.1) is 0 Å². The summed E-state index contributed by atoms with van der Waals surface area (Å²) in [6.45, 7) is 2.13. The Morgan fingerprint density at radius 2 is 2.00 bits per heavy atom. The van der Waals surface area contributed by atoms with Crippen molar-refractivity contribution in [2.45, 2.75) is 44.8 Å². The Hall–Kier alpha value is -2.16. The molecule has 0 N–H and O–H groups in total. The van der Waals surface area contributed by atoms with Crippen LogP contribution in [0.15, 0.2) is 64.4 Å². The standard InChI is InChI=1S/C19H21N3/c1-14-8-7-13-18(20-14)22-17-12-6-5-11-16(17)21-19(22)15-9-3-2-4-10-15/h2-5,9-11,13,17,19H,6-8,12H2,1H3. The van der Waals surface area contributed by atoms with E-state index in [4.69, 9.17) is 9.98 Å². The van der Waals surface area contributed by atoms with Crippen molar-refractivity contribution in [3.63, 3.8) is 0 Å². The highest BCUT2D eigenvalue weighted by atomic mass is 15.4. The fourth-order valence-electron chi connectivity index (χ4n) is 3.52. The van der Waals surface area contributed by atoms with Crippen molar-refractivity contribution in [3.05, 3.63) is 59.9 Å². The second kappa shape index (κ2) is 5.56. The van der Waals surface area contributed by atoms with Crippen LogP contribution in [-0.4, -0.2) is 22.4 Å². The third-order valence-electron chi connectivity index (χ3n) is 4.61. The lowest BCUT2D eigenvalue weighted by molar-refractivity contribution is 0.245. The Balaban J connectivity index is 1.76. The predicted molar refractivity (Wildman–Crippen MR) is 91.0 cm³/mol. The minimum atomic E-state index is 0.0600. The number of rotatable bonds is 2. The van der Waals surface area contributed by atoms with Gasteiger partial charge in [-0.25, -0.2) is 4.99 Å². The van der Waals surface area contributed by atoms with Gasteiger partial charge >= 0.3 is 0 Å². The van der Waals surface area contributed by atoms with E-state index in [1.165, 1.54) is 17.0 Å². The molecule has 1 aromatic rings. The van der Waals surface area contributed by atoms with Gasteiger partial charge in [0.15, 0.2) is 0 Å². The van der Waals surface area contributed by atoms with E-state index in [1.54, 1.807) is 0 Å². The molecule has 2 heterocycles. The summed E-state index contributed by atoms with van der Waals surface area (Å²) in [5.74, 6) is 1.11. The highest BCUT2D eigenvalue weighted by Gasteiger charge is 2.38. The van der Waals surface area contributed by atoms with Crippen LogP contribution in [0.25, 0.3) is 0 Å². The van der Waals surface area contributed by atoms with Gasteiger partial charge in [-0.1, -0.05) is 36.4 Å². The SMILES string of the molecule is CC1=NC(N2C3CCC=CC3=NC2c2ccccc2)=CCC1. The van der Waals surface area contributed by atoms with E-state index < -0.39 is 0 Å². The van der Waals surface area contributed by atoms with Gasteiger partial charge in [0.2, 0.25) is 0 Å². The van der Waals surface area contributed by atoms with Gasteiger partial charge in [-0.3, -0.25) is 4.99 Å². The molecule has 0 bridgehead atoms. The molecule has 0 spiro atoms. The van der Waals surface area contributed by atoms with Gasteiger partial charge in [0.1, 0.15) is 12.0 Å². The topological polar surface area (TPSA) is 28.0 Å². The van der Waals surface area contributed by atoms with Crippen LogP contribution < -0.4 is 0 Å². The Kier molecular flexibility index (Phi) is 3.41. The molecule has 3 nitrogen and oxygen atoms in total. The molecule has 22 heavy (non-hydrogen) atoms. The molecule has 0 radical (unpaired) electrons. The van der Waals surface area contributed by atoms with Crippen molar-refractivity contribution < 1.29 is 0 Å². The second-order valence-corrected chi connectivity index (χ2v) is 6.19. The number of fused-ring (bicyclic) bond motifs is 1. The minimum Gasteiger partial charge on any atom is -0.322 e. The maximum absolute atomic E-state index is 5.01. The molecule has 3 aliphatic rings. The van der Waals surface area contributed by atoms with Crippen molar-refractivity contribution in [1.82, 2.24) is 4.90 Å². The minimum absolute atomic E-state index is 0.0600. The largest absolute Gasteiger partial charge is 0.322 e. The number of nitrogens with zero attached hydrogens (tertiary/aromatic N) is 3. The third kappa shape index (κ3) is 2.31. The van der Waals surface area contributed by atoms with Crippen LogP contribution >= 0.6 is 0 Å². The molecule has 3 heteroatoms. The zero-order valence-electron chi connectivity index (χ0n) is 12.9. The lowest BCUT2D eigenvalue weighted by atomic mass is 9.98. The van der Waals surface area contributed by atoms with Crippen LogP contribution in [0.1, 0.15) is 44.3 Å². The van der Waals surface area contributed by atoms with Gasteiger partial charge in [-0.05, 0) is 50.3 Å². The summed E-state index contributed by atoms with van der Waals surface area (Å²) in [4.78, 5) is 12.3. The maximum atomic E-state index is 5.01. The fourth-order valence-corrected chi connectivity index (χ4v) is 3.52. The summed E-state index contributed by atoms with van der Waals surface area (Å²) in [5, 5.41) is 0. The Morgan fingerprint density at radius 1 is 1.14 bits per heavy atom. The van der Waals surface area contributed by atoms with Gasteiger partial charge in [-0.15, -0.1) is 0 Å². The number of benzene rings is 1. The van der Waals surface area contributed by atoms with Crippen molar-refractivity contribution in [1.29, 1.82) is 0 Å². The number of hydrogen-bond donors (Lipinski definition) is 0. The zero-order chi connectivity index (χ0) is 14.9. The molecule has 4 rings (SSSR count). The van der Waals surface area contributed by atoms with Gasteiger partial charge < -0.3 is 4.90 Å². The Morgan fingerprint density at radius 3 is 2.82 bits per heavy atom. The van der Waals surface area contributed by atoms with Crippen LogP contribution in [0.4, 0.5) is 0 Å². The molecular formula is C19H21N3. The van der Waals surface area contributed by atoms with E-state index in [0.29, 0.717) is 6.04 Å². The van der Waals surface area contributed by atoms with E-state index in [-0.39, 0.29) is 6.17 Å². The summed E-state index contributed by atoms with van der Waals surface area (Å²) in [7, 11) is 0. The highest BCUT2D eigenvalue weighted by molar-refractivity contribution is 6.01. The predicted octanol–water partition coefficient (Wildman–Crippen LogP) is 4.26. The normalized spacial score (nSPS) is 27.1. The number of hydrogen-bond acceptors (Lipinski definition) is 3. The second-order valence-electron chi connectivity index (χ2n) is 6.19. The molecule has 1 aliphatic carbocycles. The molecule has 2 aliphatic heterocycles. The van der Waals surface area contributed by atoms with Crippen LogP contribution in [0.5, 0.6) is 0 Å². The zero-order valence-corrected chi connectivity index (χ0v) is 12.9. The van der Waals surface area contributed by atoms with E-state index in [1.807, 2.05) is 0 Å². The molecule has 2 unspecified atom stereocenters. The van der Waals surface area contributed by atoms with E-state index in [2.05, 4.69) is 60.4 Å².